The minimum absolute atomic E-state index is 0.140. The van der Waals surface area contributed by atoms with Crippen molar-refractivity contribution in [3.63, 3.8) is 0 Å². The Balaban J connectivity index is 1.70. The van der Waals surface area contributed by atoms with E-state index in [4.69, 9.17) is 4.74 Å². The van der Waals surface area contributed by atoms with E-state index in [9.17, 15) is 18.0 Å². The van der Waals surface area contributed by atoms with Crippen LogP contribution in [0.3, 0.4) is 0 Å². The van der Waals surface area contributed by atoms with Gasteiger partial charge in [-0.25, -0.2) is 0 Å². The van der Waals surface area contributed by atoms with Crippen LogP contribution < -0.4 is 21.1 Å². The lowest BCUT2D eigenvalue weighted by Gasteiger charge is -2.22. The van der Waals surface area contributed by atoms with Crippen molar-refractivity contribution in [2.24, 2.45) is 0 Å². The minimum Gasteiger partial charge on any atom is -0.471 e. The van der Waals surface area contributed by atoms with Gasteiger partial charge in [0, 0.05) is 43.2 Å². The monoisotopic (exact) mass is 497 g/mol. The summed E-state index contributed by atoms with van der Waals surface area (Å²) in [5.74, 6) is 0.653. The molecule has 1 saturated heterocycles. The summed E-state index contributed by atoms with van der Waals surface area (Å²) in [5.41, 5.74) is 1.62. The first-order valence-corrected chi connectivity index (χ1v) is 11.7. The number of hydrogen-bond donors (Lipinski definition) is 2. The molecule has 0 unspecified atom stereocenters. The minimum atomic E-state index is -4.66. The molecule has 0 amide bonds. The molecule has 1 aromatic heterocycles. The van der Waals surface area contributed by atoms with Gasteiger partial charge in [0.15, 0.2) is 6.73 Å². The maximum atomic E-state index is 14.1. The highest BCUT2D eigenvalue weighted by atomic mass is 19.4. The van der Waals surface area contributed by atoms with Crippen molar-refractivity contribution in [3.8, 4) is 16.9 Å². The molecule has 3 aromatic rings. The summed E-state index contributed by atoms with van der Waals surface area (Å²) in [6, 6.07) is 11.1. The first kappa shape index (κ1) is 23.8. The van der Waals surface area contributed by atoms with Gasteiger partial charge in [-0.2, -0.15) is 23.0 Å². The Bertz CT molecular complexity index is 1390. The maximum Gasteiger partial charge on any atom is 0.418 e. The first-order valence-electron chi connectivity index (χ1n) is 11.7. The molecule has 0 radical (unpaired) electrons. The molecule has 1 fully saturated rings. The lowest BCUT2D eigenvalue weighted by atomic mass is 10.0. The van der Waals surface area contributed by atoms with Gasteiger partial charge in [-0.15, -0.1) is 0 Å². The summed E-state index contributed by atoms with van der Waals surface area (Å²) in [6.07, 6.45) is -0.963. The van der Waals surface area contributed by atoms with E-state index in [1.54, 1.807) is 19.3 Å². The van der Waals surface area contributed by atoms with E-state index in [1.807, 2.05) is 30.0 Å². The largest absolute Gasteiger partial charge is 0.471 e. The van der Waals surface area contributed by atoms with Crippen LogP contribution in [0.5, 0.6) is 0 Å². The quantitative estimate of drug-likeness (QED) is 0.531. The van der Waals surface area contributed by atoms with Crippen LogP contribution in [0.2, 0.25) is 0 Å². The van der Waals surface area contributed by atoms with Crippen molar-refractivity contribution in [2.75, 3.05) is 37.1 Å². The summed E-state index contributed by atoms with van der Waals surface area (Å²) in [5, 5.41) is 10.2. The predicted octanol–water partition coefficient (Wildman–Crippen LogP) is 4.74. The van der Waals surface area contributed by atoms with Crippen LogP contribution in [0.4, 0.5) is 24.5 Å². The van der Waals surface area contributed by atoms with Gasteiger partial charge in [-0.1, -0.05) is 0 Å². The Morgan fingerprint density at radius 1 is 1.06 bits per heavy atom. The molecule has 3 heterocycles. The average Bonchev–Trinajstić information content (AvgIpc) is 3.58. The molecule has 0 atom stereocenters. The third-order valence-corrected chi connectivity index (χ3v) is 6.37. The molecule has 0 saturated carbocycles. The lowest BCUT2D eigenvalue weighted by Crippen LogP contribution is -2.27. The summed E-state index contributed by atoms with van der Waals surface area (Å²) < 4.78 is 48.6. The van der Waals surface area contributed by atoms with Gasteiger partial charge < -0.3 is 20.3 Å². The summed E-state index contributed by atoms with van der Waals surface area (Å²) in [7, 11) is 1.56. The number of hydrogen-bond acceptors (Lipinski definition) is 6. The van der Waals surface area contributed by atoms with Crippen molar-refractivity contribution in [1.82, 2.24) is 15.1 Å². The number of halogens is 3. The highest BCUT2D eigenvalue weighted by Gasteiger charge is 2.35. The van der Waals surface area contributed by atoms with Crippen molar-refractivity contribution in [2.45, 2.75) is 25.9 Å². The molecule has 2 aliphatic rings. The summed E-state index contributed by atoms with van der Waals surface area (Å²) in [4.78, 5) is 15.3. The number of anilines is 2. The van der Waals surface area contributed by atoms with Crippen LogP contribution in [0.25, 0.3) is 22.7 Å². The molecule has 5 rings (SSSR count). The van der Waals surface area contributed by atoms with Crippen LogP contribution in [0, 0.1) is 6.92 Å². The van der Waals surface area contributed by atoms with Gasteiger partial charge in [0.2, 0.25) is 0 Å². The van der Waals surface area contributed by atoms with E-state index < -0.39 is 17.3 Å². The fourth-order valence-corrected chi connectivity index (χ4v) is 4.62. The molecule has 7 nitrogen and oxygen atoms in total. The number of aryl methyl sites for hydroxylation is 1. The highest BCUT2D eigenvalue weighted by Crippen LogP contribution is 2.36. The predicted molar refractivity (Wildman–Crippen MR) is 133 cm³/mol. The molecule has 0 spiro atoms. The van der Waals surface area contributed by atoms with Crippen molar-refractivity contribution in [1.29, 1.82) is 0 Å². The van der Waals surface area contributed by atoms with E-state index in [-0.39, 0.29) is 11.4 Å². The summed E-state index contributed by atoms with van der Waals surface area (Å²) in [6.45, 7) is 3.78. The van der Waals surface area contributed by atoms with Crippen LogP contribution >= 0.6 is 0 Å². The second-order valence-corrected chi connectivity index (χ2v) is 8.89. The maximum absolute atomic E-state index is 14.1. The molecule has 0 bridgehead atoms. The number of rotatable bonds is 5. The van der Waals surface area contributed by atoms with Crippen molar-refractivity contribution in [3.05, 3.63) is 75.7 Å². The van der Waals surface area contributed by atoms with Crippen LogP contribution in [-0.4, -0.2) is 36.6 Å². The van der Waals surface area contributed by atoms with Crippen molar-refractivity contribution < 1.29 is 17.9 Å². The van der Waals surface area contributed by atoms with Gasteiger partial charge in [0.05, 0.1) is 16.9 Å². The van der Waals surface area contributed by atoms with Crippen LogP contribution in [0.1, 0.15) is 29.5 Å². The van der Waals surface area contributed by atoms with Gasteiger partial charge in [-0.3, -0.25) is 4.79 Å². The molecule has 10 heteroatoms. The van der Waals surface area contributed by atoms with Crippen molar-refractivity contribution >= 4 is 17.1 Å². The first-order chi connectivity index (χ1) is 17.2. The Morgan fingerprint density at radius 3 is 2.47 bits per heavy atom. The third-order valence-electron chi connectivity index (χ3n) is 6.37. The lowest BCUT2D eigenvalue weighted by molar-refractivity contribution is -0.137. The molecule has 36 heavy (non-hydrogen) atoms. The SMILES string of the molecule is CNc1cc(-c2cc(C)cc(C3=CNCO3)c2)nn(-c2cc(N3CCCC3)ccc2C(F)(F)F)c1=O. The standard InChI is InChI=1S/C26H26F3N5O2/c1-16-9-17(11-18(10-16)24-14-31-15-36-24)21-13-22(30-2)25(35)34(32-21)23-12-19(33-7-3-4-8-33)5-6-20(23)26(27,28)29/h5-6,9-14,30-31H,3-4,7-8,15H2,1-2H3. The second kappa shape index (κ2) is 9.25. The highest BCUT2D eigenvalue weighted by molar-refractivity contribution is 5.71. The Kier molecular flexibility index (Phi) is 6.11. The van der Waals surface area contributed by atoms with E-state index in [1.165, 1.54) is 12.1 Å². The number of nitrogens with zero attached hydrogens (tertiary/aromatic N) is 3. The molecule has 0 aliphatic carbocycles. The van der Waals surface area contributed by atoms with Crippen LogP contribution in [0.15, 0.2) is 53.5 Å². The zero-order chi connectivity index (χ0) is 25.4. The molecule has 188 valence electrons. The Morgan fingerprint density at radius 2 is 1.81 bits per heavy atom. The fraction of sp³-hybridized carbons (Fsp3) is 0.308. The van der Waals surface area contributed by atoms with E-state index >= 15 is 0 Å². The second-order valence-electron chi connectivity index (χ2n) is 8.89. The zero-order valence-corrected chi connectivity index (χ0v) is 19.9. The van der Waals surface area contributed by atoms with Gasteiger partial charge >= 0.3 is 6.18 Å². The molecular formula is C26H26F3N5O2. The fourth-order valence-electron chi connectivity index (χ4n) is 4.62. The van der Waals surface area contributed by atoms with E-state index in [0.29, 0.717) is 29.4 Å². The normalized spacial score (nSPS) is 15.5. The van der Waals surface area contributed by atoms with Gasteiger partial charge in [0.25, 0.3) is 5.56 Å². The molecular weight excluding hydrogens is 471 g/mol. The van der Waals surface area contributed by atoms with Gasteiger partial charge in [0.1, 0.15) is 11.4 Å². The molecule has 2 N–H and O–H groups in total. The smallest absolute Gasteiger partial charge is 0.418 e. The number of nitrogens with one attached hydrogen (secondary N) is 2. The number of aromatic nitrogens is 2. The van der Waals surface area contributed by atoms with Crippen LogP contribution in [-0.2, 0) is 10.9 Å². The van der Waals surface area contributed by atoms with E-state index in [2.05, 4.69) is 15.7 Å². The number of ether oxygens (including phenoxy) is 1. The summed E-state index contributed by atoms with van der Waals surface area (Å²) >= 11 is 0. The topological polar surface area (TPSA) is 71.4 Å². The Labute approximate surface area is 206 Å². The molecule has 2 aliphatic heterocycles. The Hall–Kier alpha value is -3.95. The van der Waals surface area contributed by atoms with Gasteiger partial charge in [-0.05, 0) is 67.8 Å². The van der Waals surface area contributed by atoms with E-state index in [0.717, 1.165) is 47.8 Å². The number of benzene rings is 2. The average molecular weight is 498 g/mol. The zero-order valence-electron chi connectivity index (χ0n) is 19.9. The third kappa shape index (κ3) is 4.50. The molecule has 2 aromatic carbocycles. The number of alkyl halides is 3.